The quantitative estimate of drug-likeness (QED) is 0.512. The van der Waals surface area contributed by atoms with Crippen molar-refractivity contribution >= 4 is 17.8 Å². The summed E-state index contributed by atoms with van der Waals surface area (Å²) in [7, 11) is 1.54. The maximum atomic E-state index is 13.7. The predicted molar refractivity (Wildman–Crippen MR) is 143 cm³/mol. The third-order valence-electron chi connectivity index (χ3n) is 8.03. The monoisotopic (exact) mass is 512 g/mol. The van der Waals surface area contributed by atoms with E-state index in [-0.39, 0.29) is 23.8 Å². The molecule has 0 unspecified atom stereocenters. The lowest BCUT2D eigenvalue weighted by Gasteiger charge is -2.41. The molecule has 0 bridgehead atoms. The van der Waals surface area contributed by atoms with E-state index in [9.17, 15) is 19.5 Å². The van der Waals surface area contributed by atoms with Crippen LogP contribution in [-0.2, 0) is 15.0 Å². The van der Waals surface area contributed by atoms with Gasteiger partial charge in [0.25, 0.3) is 5.91 Å². The summed E-state index contributed by atoms with van der Waals surface area (Å²) in [5.41, 5.74) is 1.54. The molecule has 3 aromatic rings. The van der Waals surface area contributed by atoms with Crippen LogP contribution in [0.2, 0.25) is 0 Å². The number of methoxy groups -OCH3 is 1. The second kappa shape index (κ2) is 10.7. The molecule has 2 atom stereocenters. The molecule has 0 spiro atoms. The molecule has 2 amide bonds. The van der Waals surface area contributed by atoms with Gasteiger partial charge in [-0.2, -0.15) is 0 Å². The molecular formula is C31H32N2O5. The smallest absolute Gasteiger partial charge is 0.318 e. The lowest BCUT2D eigenvalue weighted by atomic mass is 9.63. The molecule has 2 N–H and O–H groups in total. The average molecular weight is 513 g/mol. The van der Waals surface area contributed by atoms with Gasteiger partial charge >= 0.3 is 5.97 Å². The van der Waals surface area contributed by atoms with Gasteiger partial charge in [0.05, 0.1) is 18.6 Å². The van der Waals surface area contributed by atoms with Crippen molar-refractivity contribution in [1.82, 2.24) is 10.2 Å². The molecule has 0 radical (unpaired) electrons. The first-order chi connectivity index (χ1) is 18.5. The molecule has 2 aliphatic rings. The fourth-order valence-corrected chi connectivity index (χ4v) is 6.03. The highest BCUT2D eigenvalue weighted by atomic mass is 16.5. The molecule has 196 valence electrons. The normalized spacial score (nSPS) is 21.3. The summed E-state index contributed by atoms with van der Waals surface area (Å²) < 4.78 is 5.31. The molecule has 1 aliphatic heterocycles. The molecule has 1 fully saturated rings. The van der Waals surface area contributed by atoms with E-state index in [1.807, 2.05) is 65.6 Å². The summed E-state index contributed by atoms with van der Waals surface area (Å²) >= 11 is 0. The molecule has 5 rings (SSSR count). The molecule has 7 nitrogen and oxygen atoms in total. The largest absolute Gasteiger partial charge is 0.496 e. The topological polar surface area (TPSA) is 95.9 Å². The zero-order valence-corrected chi connectivity index (χ0v) is 21.4. The van der Waals surface area contributed by atoms with E-state index in [1.54, 1.807) is 25.3 Å². The van der Waals surface area contributed by atoms with Crippen molar-refractivity contribution < 1.29 is 24.2 Å². The average Bonchev–Trinajstić information content (AvgIpc) is 2.97. The number of piperidine rings is 1. The summed E-state index contributed by atoms with van der Waals surface area (Å²) in [4.78, 5) is 41.2. The maximum Gasteiger partial charge on any atom is 0.318 e. The first-order valence-corrected chi connectivity index (χ1v) is 13.1. The van der Waals surface area contributed by atoms with Crippen LogP contribution in [-0.4, -0.2) is 54.0 Å². The Kier molecular flexibility index (Phi) is 7.18. The number of benzene rings is 3. The Hall–Kier alpha value is -4.13. The number of hydrogen-bond acceptors (Lipinski definition) is 4. The Bertz CT molecular complexity index is 1330. The van der Waals surface area contributed by atoms with Crippen LogP contribution in [0.15, 0.2) is 78.9 Å². The van der Waals surface area contributed by atoms with Gasteiger partial charge < -0.3 is 20.1 Å². The second-order valence-corrected chi connectivity index (χ2v) is 10.0. The molecule has 1 heterocycles. The van der Waals surface area contributed by atoms with Gasteiger partial charge in [-0.3, -0.25) is 14.4 Å². The van der Waals surface area contributed by atoms with Gasteiger partial charge in [-0.1, -0.05) is 66.7 Å². The number of para-hydroxylation sites is 1. The van der Waals surface area contributed by atoms with Crippen LogP contribution in [0, 0.1) is 0 Å². The molecular weight excluding hydrogens is 480 g/mol. The Balaban J connectivity index is 1.30. The number of amides is 2. The molecule has 1 aliphatic carbocycles. The van der Waals surface area contributed by atoms with Crippen LogP contribution in [0.4, 0.5) is 0 Å². The first-order valence-electron chi connectivity index (χ1n) is 13.1. The lowest BCUT2D eigenvalue weighted by Crippen LogP contribution is -2.49. The summed E-state index contributed by atoms with van der Waals surface area (Å²) in [6.45, 7) is 1.08. The molecule has 0 saturated carbocycles. The Morgan fingerprint density at radius 2 is 1.55 bits per heavy atom. The molecule has 1 saturated heterocycles. The first kappa shape index (κ1) is 25.5. The van der Waals surface area contributed by atoms with E-state index in [0.29, 0.717) is 55.6 Å². The third-order valence-corrected chi connectivity index (χ3v) is 8.03. The van der Waals surface area contributed by atoms with Crippen molar-refractivity contribution in [2.45, 2.75) is 43.1 Å². The lowest BCUT2D eigenvalue weighted by molar-refractivity contribution is -0.144. The van der Waals surface area contributed by atoms with Crippen LogP contribution in [0.25, 0.3) is 0 Å². The number of hydrogen-bond donors (Lipinski definition) is 2. The van der Waals surface area contributed by atoms with Crippen molar-refractivity contribution in [2.75, 3.05) is 20.2 Å². The van der Waals surface area contributed by atoms with E-state index in [1.165, 1.54) is 0 Å². The van der Waals surface area contributed by atoms with Gasteiger partial charge in [0.1, 0.15) is 11.2 Å². The van der Waals surface area contributed by atoms with Crippen molar-refractivity contribution in [3.63, 3.8) is 0 Å². The molecule has 3 aromatic carbocycles. The number of carbonyl (C=O) groups excluding carboxylic acids is 2. The van der Waals surface area contributed by atoms with Crippen molar-refractivity contribution in [3.8, 4) is 5.75 Å². The van der Waals surface area contributed by atoms with Crippen LogP contribution < -0.4 is 10.1 Å². The van der Waals surface area contributed by atoms with Gasteiger partial charge in [0, 0.05) is 19.1 Å². The minimum Gasteiger partial charge on any atom is -0.496 e. The molecule has 0 aromatic heterocycles. The minimum atomic E-state index is -1.18. The zero-order valence-electron chi connectivity index (χ0n) is 21.4. The highest BCUT2D eigenvalue weighted by Gasteiger charge is 2.49. The standard InChI is InChI=1S/C31H32N2O5/c1-38-27-14-8-6-12-25(27)28(34)32-22-16-19-33(20-17-22)29(35)24-15-18-31(30(36)37,21-9-3-2-4-10-21)26-13-7-5-11-23(24)26/h2-14,22,24H,15-20H2,1H3,(H,32,34)(H,36,37)/t24-,31+/m0/s1. The third kappa shape index (κ3) is 4.53. The number of ether oxygens (including phenoxy) is 1. The number of rotatable bonds is 6. The highest BCUT2D eigenvalue weighted by molar-refractivity contribution is 5.97. The van der Waals surface area contributed by atoms with Gasteiger partial charge in [0.15, 0.2) is 0 Å². The van der Waals surface area contributed by atoms with Gasteiger partial charge in [-0.05, 0) is 54.5 Å². The number of likely N-dealkylation sites (tertiary alicyclic amines) is 1. The number of fused-ring (bicyclic) bond motifs is 1. The minimum absolute atomic E-state index is 0.0269. The Morgan fingerprint density at radius 1 is 0.895 bits per heavy atom. The zero-order chi connectivity index (χ0) is 26.7. The summed E-state index contributed by atoms with van der Waals surface area (Å²) in [6.07, 6.45) is 2.13. The molecule has 7 heteroatoms. The number of carboxylic acid groups (broad SMARTS) is 1. The Labute approximate surface area is 222 Å². The van der Waals surface area contributed by atoms with Crippen LogP contribution in [0.1, 0.15) is 58.6 Å². The van der Waals surface area contributed by atoms with E-state index in [0.717, 1.165) is 11.1 Å². The number of nitrogens with one attached hydrogen (secondary N) is 1. The summed E-state index contributed by atoms with van der Waals surface area (Å²) in [5.74, 6) is -0.907. The number of nitrogens with zero attached hydrogens (tertiary/aromatic N) is 1. The summed E-state index contributed by atoms with van der Waals surface area (Å²) in [5, 5.41) is 13.5. The molecule has 38 heavy (non-hydrogen) atoms. The second-order valence-electron chi connectivity index (χ2n) is 10.0. The van der Waals surface area contributed by atoms with Crippen LogP contribution >= 0.6 is 0 Å². The van der Waals surface area contributed by atoms with E-state index >= 15 is 0 Å². The van der Waals surface area contributed by atoms with Crippen LogP contribution in [0.5, 0.6) is 5.75 Å². The van der Waals surface area contributed by atoms with Crippen molar-refractivity contribution in [2.24, 2.45) is 0 Å². The van der Waals surface area contributed by atoms with Crippen molar-refractivity contribution in [1.29, 1.82) is 0 Å². The van der Waals surface area contributed by atoms with Gasteiger partial charge in [-0.15, -0.1) is 0 Å². The SMILES string of the molecule is COc1ccccc1C(=O)NC1CCN(C(=O)[C@H]2CC[C@@](C(=O)O)(c3ccccc3)c3ccccc32)CC1. The number of carbonyl (C=O) groups is 3. The number of carboxylic acids is 1. The Morgan fingerprint density at radius 3 is 2.26 bits per heavy atom. The van der Waals surface area contributed by atoms with E-state index in [4.69, 9.17) is 4.74 Å². The number of aliphatic carboxylic acids is 1. The summed E-state index contributed by atoms with van der Waals surface area (Å²) in [6, 6.07) is 23.9. The van der Waals surface area contributed by atoms with Crippen LogP contribution in [0.3, 0.4) is 0 Å². The van der Waals surface area contributed by atoms with Crippen molar-refractivity contribution in [3.05, 3.63) is 101 Å². The maximum absolute atomic E-state index is 13.7. The fourth-order valence-electron chi connectivity index (χ4n) is 6.03. The van der Waals surface area contributed by atoms with Gasteiger partial charge in [0.2, 0.25) is 5.91 Å². The van der Waals surface area contributed by atoms with E-state index < -0.39 is 11.4 Å². The highest BCUT2D eigenvalue weighted by Crippen LogP contribution is 2.47. The van der Waals surface area contributed by atoms with Gasteiger partial charge in [-0.25, -0.2) is 0 Å². The fraction of sp³-hybridized carbons (Fsp3) is 0.323. The predicted octanol–water partition coefficient (Wildman–Crippen LogP) is 4.36. The van der Waals surface area contributed by atoms with E-state index in [2.05, 4.69) is 5.32 Å².